The lowest BCUT2D eigenvalue weighted by atomic mass is 10.2. The van der Waals surface area contributed by atoms with E-state index in [0.717, 1.165) is 6.54 Å². The first-order valence-corrected chi connectivity index (χ1v) is 5.16. The first-order valence-electron chi connectivity index (χ1n) is 5.16. The van der Waals surface area contributed by atoms with Gasteiger partial charge in [0.1, 0.15) is 6.54 Å². The number of nitrogens with zero attached hydrogens (tertiary/aromatic N) is 1. The number of hydrogen-bond acceptors (Lipinski definition) is 3. The Morgan fingerprint density at radius 1 is 1.56 bits per heavy atom. The molecule has 0 bridgehead atoms. The first-order chi connectivity index (χ1) is 7.37. The topological polar surface area (TPSA) is 44.4 Å². The number of carbonyl (C=O) groups excluding carboxylic acids is 1. The minimum Gasteiger partial charge on any atom is -0.346 e. The molecule has 1 saturated heterocycles. The van der Waals surface area contributed by atoms with E-state index in [4.69, 9.17) is 0 Å². The molecular formula is C9H16F3N3O. The fourth-order valence-corrected chi connectivity index (χ4v) is 1.61. The van der Waals surface area contributed by atoms with Crippen molar-refractivity contribution < 1.29 is 18.0 Å². The molecule has 16 heavy (non-hydrogen) atoms. The Bertz CT molecular complexity index is 245. The summed E-state index contributed by atoms with van der Waals surface area (Å²) < 4.78 is 35.5. The van der Waals surface area contributed by atoms with Crippen molar-refractivity contribution in [3.05, 3.63) is 0 Å². The summed E-state index contributed by atoms with van der Waals surface area (Å²) in [6.07, 6.45) is -4.34. The van der Waals surface area contributed by atoms with Crippen molar-refractivity contribution in [1.82, 2.24) is 15.5 Å². The van der Waals surface area contributed by atoms with E-state index in [-0.39, 0.29) is 12.6 Å². The lowest BCUT2D eigenvalue weighted by Gasteiger charge is -2.31. The van der Waals surface area contributed by atoms with Gasteiger partial charge in [-0.25, -0.2) is 0 Å². The van der Waals surface area contributed by atoms with E-state index in [0.29, 0.717) is 13.1 Å². The van der Waals surface area contributed by atoms with Crippen molar-refractivity contribution in [3.8, 4) is 0 Å². The summed E-state index contributed by atoms with van der Waals surface area (Å²) in [6.45, 7) is 2.87. The Kier molecular flexibility index (Phi) is 4.55. The van der Waals surface area contributed by atoms with Gasteiger partial charge in [-0.15, -0.1) is 0 Å². The van der Waals surface area contributed by atoms with Crippen LogP contribution in [0.2, 0.25) is 0 Å². The maximum atomic E-state index is 11.8. The highest BCUT2D eigenvalue weighted by Crippen LogP contribution is 2.12. The summed E-state index contributed by atoms with van der Waals surface area (Å²) in [5.41, 5.74) is 0. The van der Waals surface area contributed by atoms with Gasteiger partial charge < -0.3 is 10.6 Å². The van der Waals surface area contributed by atoms with Gasteiger partial charge in [-0.05, 0) is 6.92 Å². The van der Waals surface area contributed by atoms with E-state index in [9.17, 15) is 18.0 Å². The van der Waals surface area contributed by atoms with Gasteiger partial charge in [0, 0.05) is 25.7 Å². The number of hydrogen-bond donors (Lipinski definition) is 2. The van der Waals surface area contributed by atoms with Crippen LogP contribution >= 0.6 is 0 Å². The molecule has 0 aromatic rings. The van der Waals surface area contributed by atoms with Crippen LogP contribution in [0, 0.1) is 0 Å². The van der Waals surface area contributed by atoms with E-state index >= 15 is 0 Å². The van der Waals surface area contributed by atoms with Crippen molar-refractivity contribution in [2.24, 2.45) is 0 Å². The molecule has 1 amide bonds. The van der Waals surface area contributed by atoms with Gasteiger partial charge in [-0.2, -0.15) is 13.2 Å². The number of halogens is 3. The Balaban J connectivity index is 2.23. The second-order valence-electron chi connectivity index (χ2n) is 3.98. The van der Waals surface area contributed by atoms with Crippen LogP contribution in [-0.4, -0.2) is 55.7 Å². The minimum absolute atomic E-state index is 0.0299. The van der Waals surface area contributed by atoms with E-state index in [1.54, 1.807) is 0 Å². The summed E-state index contributed by atoms with van der Waals surface area (Å²) in [7, 11) is 0. The summed E-state index contributed by atoms with van der Waals surface area (Å²) in [5.74, 6) is -0.577. The smallest absolute Gasteiger partial charge is 0.346 e. The van der Waals surface area contributed by atoms with Crippen molar-refractivity contribution >= 4 is 5.91 Å². The lowest BCUT2D eigenvalue weighted by Crippen LogP contribution is -2.52. The van der Waals surface area contributed by atoms with Crippen LogP contribution in [0.15, 0.2) is 0 Å². The molecule has 0 spiro atoms. The monoisotopic (exact) mass is 239 g/mol. The summed E-state index contributed by atoms with van der Waals surface area (Å²) >= 11 is 0. The van der Waals surface area contributed by atoms with Crippen molar-refractivity contribution in [2.45, 2.75) is 19.1 Å². The summed E-state index contributed by atoms with van der Waals surface area (Å²) in [6, 6.07) is 0.268. The average Bonchev–Trinajstić information content (AvgIpc) is 2.14. The van der Waals surface area contributed by atoms with Gasteiger partial charge in [-0.3, -0.25) is 9.69 Å². The third kappa shape index (κ3) is 5.32. The molecule has 0 saturated carbocycles. The summed E-state index contributed by atoms with van der Waals surface area (Å²) in [4.78, 5) is 13.0. The van der Waals surface area contributed by atoms with Crippen LogP contribution < -0.4 is 10.6 Å². The Labute approximate surface area is 92.2 Å². The third-order valence-corrected chi connectivity index (χ3v) is 2.31. The third-order valence-electron chi connectivity index (χ3n) is 2.31. The molecule has 1 heterocycles. The zero-order chi connectivity index (χ0) is 12.2. The number of carbonyl (C=O) groups is 1. The SMILES string of the molecule is C[C@H]1CN(CC(=O)NCC(F)(F)F)CCN1. The second kappa shape index (κ2) is 5.49. The van der Waals surface area contributed by atoms with E-state index < -0.39 is 18.6 Å². The van der Waals surface area contributed by atoms with Gasteiger partial charge in [0.2, 0.25) is 5.91 Å². The van der Waals surface area contributed by atoms with E-state index in [2.05, 4.69) is 5.32 Å². The molecule has 1 atom stereocenters. The lowest BCUT2D eigenvalue weighted by molar-refractivity contribution is -0.139. The number of amides is 1. The second-order valence-corrected chi connectivity index (χ2v) is 3.98. The van der Waals surface area contributed by atoms with Gasteiger partial charge in [0.25, 0.3) is 0 Å². The minimum atomic E-state index is -4.34. The molecule has 1 aliphatic rings. The molecule has 94 valence electrons. The van der Waals surface area contributed by atoms with Gasteiger partial charge in [0.05, 0.1) is 6.54 Å². The zero-order valence-electron chi connectivity index (χ0n) is 9.10. The quantitative estimate of drug-likeness (QED) is 0.726. The molecule has 0 aromatic heterocycles. The van der Waals surface area contributed by atoms with Crippen LogP contribution in [0.5, 0.6) is 0 Å². The van der Waals surface area contributed by atoms with Crippen molar-refractivity contribution in [2.75, 3.05) is 32.7 Å². The number of piperazine rings is 1. The number of rotatable bonds is 3. The molecular weight excluding hydrogens is 223 g/mol. The molecule has 2 N–H and O–H groups in total. The van der Waals surface area contributed by atoms with Crippen molar-refractivity contribution in [3.63, 3.8) is 0 Å². The molecule has 7 heteroatoms. The predicted molar refractivity (Wildman–Crippen MR) is 53.0 cm³/mol. The van der Waals surface area contributed by atoms with Crippen LogP contribution in [0.3, 0.4) is 0 Å². The molecule has 1 fully saturated rings. The fraction of sp³-hybridized carbons (Fsp3) is 0.889. The standard InChI is InChI=1S/C9H16F3N3O/c1-7-4-15(3-2-13-7)5-8(16)14-6-9(10,11)12/h7,13H,2-6H2,1H3,(H,14,16)/t7-/m0/s1. The van der Waals surface area contributed by atoms with E-state index in [1.807, 2.05) is 17.1 Å². The van der Waals surface area contributed by atoms with E-state index in [1.165, 1.54) is 0 Å². The predicted octanol–water partition coefficient (Wildman–Crippen LogP) is -0.0414. The maximum absolute atomic E-state index is 11.8. The van der Waals surface area contributed by atoms with Crippen LogP contribution in [0.4, 0.5) is 13.2 Å². The first kappa shape index (κ1) is 13.2. The van der Waals surface area contributed by atoms with Crippen LogP contribution in [0.1, 0.15) is 6.92 Å². The zero-order valence-corrected chi connectivity index (χ0v) is 9.10. The Morgan fingerprint density at radius 3 is 2.81 bits per heavy atom. The highest BCUT2D eigenvalue weighted by atomic mass is 19.4. The molecule has 4 nitrogen and oxygen atoms in total. The maximum Gasteiger partial charge on any atom is 0.405 e. The van der Waals surface area contributed by atoms with Gasteiger partial charge in [-0.1, -0.05) is 0 Å². The molecule has 0 aromatic carbocycles. The molecule has 0 radical (unpaired) electrons. The molecule has 0 aliphatic carbocycles. The van der Waals surface area contributed by atoms with Gasteiger partial charge in [0.15, 0.2) is 0 Å². The molecule has 1 aliphatic heterocycles. The van der Waals surface area contributed by atoms with Gasteiger partial charge >= 0.3 is 6.18 Å². The number of nitrogens with one attached hydrogen (secondary N) is 2. The summed E-state index contributed by atoms with van der Waals surface area (Å²) in [5, 5.41) is 5.05. The van der Waals surface area contributed by atoms with Crippen LogP contribution in [0.25, 0.3) is 0 Å². The highest BCUT2D eigenvalue weighted by Gasteiger charge is 2.28. The van der Waals surface area contributed by atoms with Crippen LogP contribution in [-0.2, 0) is 4.79 Å². The molecule has 1 rings (SSSR count). The fourth-order valence-electron chi connectivity index (χ4n) is 1.61. The Hall–Kier alpha value is -0.820. The average molecular weight is 239 g/mol. The highest BCUT2D eigenvalue weighted by molar-refractivity contribution is 5.78. The van der Waals surface area contributed by atoms with Crippen molar-refractivity contribution in [1.29, 1.82) is 0 Å². The number of alkyl halides is 3. The largest absolute Gasteiger partial charge is 0.405 e. The molecule has 0 unspecified atom stereocenters. The normalized spacial score (nSPS) is 23.1. The Morgan fingerprint density at radius 2 is 2.25 bits per heavy atom.